The van der Waals surface area contributed by atoms with Crippen LogP contribution in [-0.4, -0.2) is 15.0 Å². The summed E-state index contributed by atoms with van der Waals surface area (Å²) < 4.78 is 5.96. The number of hydrogen-bond acceptors (Lipinski definition) is 4. The molecule has 0 radical (unpaired) electrons. The highest BCUT2D eigenvalue weighted by Gasteiger charge is 2.09. The number of rotatable bonds is 4. The van der Waals surface area contributed by atoms with Gasteiger partial charge in [-0.05, 0) is 30.3 Å². The Kier molecular flexibility index (Phi) is 3.37. The van der Waals surface area contributed by atoms with Crippen LogP contribution in [0.4, 0.5) is 11.5 Å². The summed E-state index contributed by atoms with van der Waals surface area (Å²) in [4.78, 5) is 11.6. The molecule has 0 amide bonds. The molecule has 0 unspecified atom stereocenters. The predicted molar refractivity (Wildman–Crippen MR) is 90.1 cm³/mol. The average Bonchev–Trinajstić information content (AvgIpc) is 3.07. The van der Waals surface area contributed by atoms with Crippen molar-refractivity contribution in [3.05, 3.63) is 73.2 Å². The van der Waals surface area contributed by atoms with Gasteiger partial charge in [-0.15, -0.1) is 0 Å². The van der Waals surface area contributed by atoms with E-state index >= 15 is 0 Å². The van der Waals surface area contributed by atoms with E-state index in [1.54, 1.807) is 0 Å². The van der Waals surface area contributed by atoms with Gasteiger partial charge in [0.15, 0.2) is 5.75 Å². The molecule has 2 N–H and O–H groups in total. The smallest absolute Gasteiger partial charge is 0.150 e. The highest BCUT2D eigenvalue weighted by atomic mass is 16.5. The van der Waals surface area contributed by atoms with Gasteiger partial charge in [0.1, 0.15) is 23.5 Å². The molecule has 5 nitrogen and oxygen atoms in total. The molecule has 23 heavy (non-hydrogen) atoms. The number of aromatic nitrogens is 3. The van der Waals surface area contributed by atoms with Crippen LogP contribution in [0.25, 0.3) is 11.0 Å². The molecule has 112 valence electrons. The van der Waals surface area contributed by atoms with E-state index in [0.717, 1.165) is 34.0 Å². The summed E-state index contributed by atoms with van der Waals surface area (Å²) in [5.74, 6) is 2.26. The van der Waals surface area contributed by atoms with Gasteiger partial charge in [0.05, 0.1) is 11.1 Å². The van der Waals surface area contributed by atoms with Crippen molar-refractivity contribution in [3.8, 4) is 11.5 Å². The SMILES string of the molecule is c1ccc(Oc2ccccc2Nc2ncnc3[nH]ccc23)cc1. The molecule has 0 aliphatic heterocycles. The largest absolute Gasteiger partial charge is 0.455 e. The molecule has 2 aromatic carbocycles. The Labute approximate surface area is 133 Å². The highest BCUT2D eigenvalue weighted by Crippen LogP contribution is 2.32. The van der Waals surface area contributed by atoms with Crippen LogP contribution in [0.5, 0.6) is 11.5 Å². The summed E-state index contributed by atoms with van der Waals surface area (Å²) in [6.45, 7) is 0. The minimum Gasteiger partial charge on any atom is -0.455 e. The number of aromatic amines is 1. The quantitative estimate of drug-likeness (QED) is 0.583. The topological polar surface area (TPSA) is 62.8 Å². The normalized spacial score (nSPS) is 10.6. The summed E-state index contributed by atoms with van der Waals surface area (Å²) in [6, 6.07) is 19.4. The van der Waals surface area contributed by atoms with Crippen LogP contribution < -0.4 is 10.1 Å². The van der Waals surface area contributed by atoms with E-state index in [1.807, 2.05) is 66.9 Å². The number of ether oxygens (including phenoxy) is 1. The van der Waals surface area contributed by atoms with E-state index in [-0.39, 0.29) is 0 Å². The standard InChI is InChI=1S/C18H14N4O/c1-2-6-13(7-3-1)23-16-9-5-4-8-15(16)22-18-14-10-11-19-17(14)20-12-21-18/h1-12H,(H2,19,20,21,22). The third-order valence-corrected chi connectivity index (χ3v) is 3.47. The lowest BCUT2D eigenvalue weighted by Gasteiger charge is -2.12. The first kappa shape index (κ1) is 13.3. The van der Waals surface area contributed by atoms with Gasteiger partial charge in [0.25, 0.3) is 0 Å². The number of fused-ring (bicyclic) bond motifs is 1. The van der Waals surface area contributed by atoms with Crippen LogP contribution in [0.15, 0.2) is 73.2 Å². The van der Waals surface area contributed by atoms with E-state index in [4.69, 9.17) is 4.74 Å². The van der Waals surface area contributed by atoms with Crippen LogP contribution in [0.2, 0.25) is 0 Å². The maximum absolute atomic E-state index is 5.96. The van der Waals surface area contributed by atoms with E-state index in [0.29, 0.717) is 0 Å². The molecule has 2 heterocycles. The summed E-state index contributed by atoms with van der Waals surface area (Å²) in [5.41, 5.74) is 1.64. The summed E-state index contributed by atoms with van der Waals surface area (Å²) >= 11 is 0. The van der Waals surface area contributed by atoms with Crippen molar-refractivity contribution in [1.82, 2.24) is 15.0 Å². The molecular formula is C18H14N4O. The maximum atomic E-state index is 5.96. The molecule has 4 rings (SSSR count). The van der Waals surface area contributed by atoms with E-state index in [1.165, 1.54) is 6.33 Å². The Balaban J connectivity index is 1.68. The molecule has 2 aromatic heterocycles. The highest BCUT2D eigenvalue weighted by molar-refractivity contribution is 5.89. The molecule has 0 spiro atoms. The molecular weight excluding hydrogens is 288 g/mol. The van der Waals surface area contributed by atoms with Gasteiger partial charge in [-0.1, -0.05) is 30.3 Å². The Morgan fingerprint density at radius 3 is 2.61 bits per heavy atom. The van der Waals surface area contributed by atoms with Crippen molar-refractivity contribution in [2.45, 2.75) is 0 Å². The van der Waals surface area contributed by atoms with Crippen LogP contribution in [0.1, 0.15) is 0 Å². The predicted octanol–water partition coefficient (Wildman–Crippen LogP) is 4.49. The second-order valence-corrected chi connectivity index (χ2v) is 5.00. The second-order valence-electron chi connectivity index (χ2n) is 5.00. The lowest BCUT2D eigenvalue weighted by Crippen LogP contribution is -1.97. The van der Waals surface area contributed by atoms with Gasteiger partial charge >= 0.3 is 0 Å². The van der Waals surface area contributed by atoms with E-state index < -0.39 is 0 Å². The summed E-state index contributed by atoms with van der Waals surface area (Å²) in [7, 11) is 0. The van der Waals surface area contributed by atoms with Gasteiger partial charge in [0, 0.05) is 6.20 Å². The summed E-state index contributed by atoms with van der Waals surface area (Å²) in [5, 5.41) is 4.26. The first-order valence-electron chi connectivity index (χ1n) is 7.27. The van der Waals surface area contributed by atoms with Gasteiger partial charge in [-0.3, -0.25) is 0 Å². The fourth-order valence-electron chi connectivity index (χ4n) is 2.37. The van der Waals surface area contributed by atoms with Gasteiger partial charge < -0.3 is 15.0 Å². The zero-order chi connectivity index (χ0) is 15.5. The zero-order valence-electron chi connectivity index (χ0n) is 12.2. The number of nitrogens with zero attached hydrogens (tertiary/aromatic N) is 2. The number of H-pyrrole nitrogens is 1. The van der Waals surface area contributed by atoms with Gasteiger partial charge in [-0.2, -0.15) is 0 Å². The lowest BCUT2D eigenvalue weighted by molar-refractivity contribution is 0.485. The van der Waals surface area contributed by atoms with E-state index in [9.17, 15) is 0 Å². The first-order chi connectivity index (χ1) is 11.4. The number of hydrogen-bond donors (Lipinski definition) is 2. The maximum Gasteiger partial charge on any atom is 0.150 e. The third kappa shape index (κ3) is 2.72. The van der Waals surface area contributed by atoms with E-state index in [2.05, 4.69) is 20.3 Å². The zero-order valence-corrected chi connectivity index (χ0v) is 12.2. The van der Waals surface area contributed by atoms with Crippen LogP contribution in [0, 0.1) is 0 Å². The number of benzene rings is 2. The minimum absolute atomic E-state index is 0.736. The fraction of sp³-hybridized carbons (Fsp3) is 0. The monoisotopic (exact) mass is 302 g/mol. The van der Waals surface area contributed by atoms with Crippen molar-refractivity contribution in [3.63, 3.8) is 0 Å². The number of nitrogens with one attached hydrogen (secondary N) is 2. The molecule has 0 aliphatic carbocycles. The molecule has 0 atom stereocenters. The first-order valence-corrected chi connectivity index (χ1v) is 7.27. The Hall–Kier alpha value is -3.34. The third-order valence-electron chi connectivity index (χ3n) is 3.47. The Morgan fingerprint density at radius 1 is 0.870 bits per heavy atom. The van der Waals surface area contributed by atoms with Gasteiger partial charge in [0.2, 0.25) is 0 Å². The summed E-state index contributed by atoms with van der Waals surface area (Å²) in [6.07, 6.45) is 3.37. The molecule has 0 aliphatic rings. The Morgan fingerprint density at radius 2 is 1.70 bits per heavy atom. The van der Waals surface area contributed by atoms with Crippen LogP contribution >= 0.6 is 0 Å². The molecule has 0 fully saturated rings. The molecule has 5 heteroatoms. The molecule has 4 aromatic rings. The minimum atomic E-state index is 0.736. The van der Waals surface area contributed by atoms with Crippen molar-refractivity contribution in [2.24, 2.45) is 0 Å². The number of anilines is 2. The average molecular weight is 302 g/mol. The second kappa shape index (κ2) is 5.81. The van der Waals surface area contributed by atoms with Crippen molar-refractivity contribution in [1.29, 1.82) is 0 Å². The fourth-order valence-corrected chi connectivity index (χ4v) is 2.37. The van der Waals surface area contributed by atoms with Crippen molar-refractivity contribution >= 4 is 22.5 Å². The number of para-hydroxylation sites is 3. The molecule has 0 saturated carbocycles. The van der Waals surface area contributed by atoms with Crippen LogP contribution in [-0.2, 0) is 0 Å². The molecule has 0 bridgehead atoms. The van der Waals surface area contributed by atoms with Gasteiger partial charge in [-0.25, -0.2) is 9.97 Å². The Bertz CT molecular complexity index is 934. The lowest BCUT2D eigenvalue weighted by atomic mass is 10.2. The molecule has 0 saturated heterocycles. The van der Waals surface area contributed by atoms with Crippen LogP contribution in [0.3, 0.4) is 0 Å². The van der Waals surface area contributed by atoms with Crippen molar-refractivity contribution < 1.29 is 4.74 Å². The van der Waals surface area contributed by atoms with Crippen molar-refractivity contribution in [2.75, 3.05) is 5.32 Å².